The number of anilines is 1. The second-order valence-electron chi connectivity index (χ2n) is 5.66. The number of benzene rings is 2. The van der Waals surface area contributed by atoms with Crippen LogP contribution in [-0.4, -0.2) is 23.2 Å². The van der Waals surface area contributed by atoms with Crippen LogP contribution in [0.2, 0.25) is 0 Å². The Morgan fingerprint density at radius 2 is 1.85 bits per heavy atom. The van der Waals surface area contributed by atoms with Gasteiger partial charge in [-0.3, -0.25) is 5.84 Å². The monoisotopic (exact) mass is 361 g/mol. The average molecular weight is 361 g/mol. The largest absolute Gasteiger partial charge is 0.397 e. The molecule has 0 amide bonds. The zero-order valence-electron chi connectivity index (χ0n) is 15.3. The molecule has 0 fully saturated rings. The van der Waals surface area contributed by atoms with Crippen molar-refractivity contribution < 1.29 is 13.9 Å². The van der Waals surface area contributed by atoms with E-state index in [1.54, 1.807) is 11.1 Å². The van der Waals surface area contributed by atoms with E-state index in [-0.39, 0.29) is 16.8 Å². The third-order valence-corrected chi connectivity index (χ3v) is 3.87. The van der Waals surface area contributed by atoms with Gasteiger partial charge in [0.25, 0.3) is 0 Å². The SMILES string of the molecule is C#Cc1c(F)cc(C(C)O)c(-c2cccc(F)c2)c1N.CCN(N)CC. The van der Waals surface area contributed by atoms with Crippen molar-refractivity contribution in [3.05, 3.63) is 53.1 Å². The molecule has 0 aliphatic heterocycles. The highest BCUT2D eigenvalue weighted by atomic mass is 19.1. The summed E-state index contributed by atoms with van der Waals surface area (Å²) in [6.07, 6.45) is 4.29. The normalized spacial score (nSPS) is 11.5. The van der Waals surface area contributed by atoms with E-state index in [2.05, 4.69) is 5.92 Å². The molecule has 2 rings (SSSR count). The number of hydrogen-bond donors (Lipinski definition) is 3. The number of hydrazine groups is 1. The third-order valence-electron chi connectivity index (χ3n) is 3.87. The fourth-order valence-electron chi connectivity index (χ4n) is 2.36. The Morgan fingerprint density at radius 1 is 1.23 bits per heavy atom. The van der Waals surface area contributed by atoms with E-state index >= 15 is 0 Å². The van der Waals surface area contributed by atoms with Crippen molar-refractivity contribution in [3.8, 4) is 23.5 Å². The smallest absolute Gasteiger partial charge is 0.141 e. The maximum atomic E-state index is 13.8. The van der Waals surface area contributed by atoms with Crippen molar-refractivity contribution >= 4 is 5.69 Å². The summed E-state index contributed by atoms with van der Waals surface area (Å²) in [5.41, 5.74) is 6.90. The lowest BCUT2D eigenvalue weighted by Crippen LogP contribution is -2.29. The number of halogens is 2. The number of nitrogens with two attached hydrogens (primary N) is 2. The summed E-state index contributed by atoms with van der Waals surface area (Å²) in [5.74, 6) is 6.35. The Hall–Kier alpha value is -2.46. The molecular formula is C20H25F2N3O. The number of nitrogens with zero attached hydrogens (tertiary/aromatic N) is 1. The molecule has 0 heterocycles. The van der Waals surface area contributed by atoms with E-state index in [9.17, 15) is 13.9 Å². The molecule has 2 aromatic rings. The van der Waals surface area contributed by atoms with E-state index in [4.69, 9.17) is 18.0 Å². The molecule has 0 saturated heterocycles. The Kier molecular flexibility index (Phi) is 8.20. The molecule has 4 nitrogen and oxygen atoms in total. The third kappa shape index (κ3) is 5.27. The van der Waals surface area contributed by atoms with Crippen LogP contribution in [0.3, 0.4) is 0 Å². The van der Waals surface area contributed by atoms with Gasteiger partial charge < -0.3 is 10.8 Å². The van der Waals surface area contributed by atoms with Gasteiger partial charge in [-0.1, -0.05) is 31.9 Å². The molecule has 0 saturated carbocycles. The maximum Gasteiger partial charge on any atom is 0.141 e. The Morgan fingerprint density at radius 3 is 2.27 bits per heavy atom. The van der Waals surface area contributed by atoms with Crippen molar-refractivity contribution in [3.63, 3.8) is 0 Å². The van der Waals surface area contributed by atoms with E-state index in [0.717, 1.165) is 19.2 Å². The van der Waals surface area contributed by atoms with Crippen LogP contribution in [0.1, 0.15) is 38.0 Å². The van der Waals surface area contributed by atoms with E-state index in [1.807, 2.05) is 13.8 Å². The number of terminal acetylenes is 1. The summed E-state index contributed by atoms with van der Waals surface area (Å²) in [5, 5.41) is 11.5. The van der Waals surface area contributed by atoms with Crippen LogP contribution in [0, 0.1) is 24.0 Å². The highest BCUT2D eigenvalue weighted by molar-refractivity contribution is 5.84. The molecule has 140 valence electrons. The fraction of sp³-hybridized carbons (Fsp3) is 0.300. The van der Waals surface area contributed by atoms with Gasteiger partial charge in [0, 0.05) is 18.7 Å². The van der Waals surface area contributed by atoms with Crippen molar-refractivity contribution in [1.29, 1.82) is 0 Å². The lowest BCUT2D eigenvalue weighted by atomic mass is 9.92. The summed E-state index contributed by atoms with van der Waals surface area (Å²) in [6, 6.07) is 6.81. The minimum atomic E-state index is -0.961. The molecule has 1 unspecified atom stereocenters. The van der Waals surface area contributed by atoms with Gasteiger partial charge in [0.15, 0.2) is 0 Å². The van der Waals surface area contributed by atoms with Crippen LogP contribution in [0.15, 0.2) is 30.3 Å². The summed E-state index contributed by atoms with van der Waals surface area (Å²) in [7, 11) is 0. The molecule has 0 bridgehead atoms. The van der Waals surface area contributed by atoms with Gasteiger partial charge in [-0.15, -0.1) is 6.42 Å². The topological polar surface area (TPSA) is 75.5 Å². The predicted octanol–water partition coefficient (Wildman–Crippen LogP) is 3.45. The van der Waals surface area contributed by atoms with Crippen LogP contribution < -0.4 is 11.6 Å². The van der Waals surface area contributed by atoms with Gasteiger partial charge >= 0.3 is 0 Å². The number of aliphatic hydroxyl groups is 1. The lowest BCUT2D eigenvalue weighted by Gasteiger charge is -2.17. The number of nitrogen functional groups attached to an aromatic ring is 1. The predicted molar refractivity (Wildman–Crippen MR) is 102 cm³/mol. The van der Waals surface area contributed by atoms with Crippen LogP contribution in [0.5, 0.6) is 0 Å². The molecule has 6 heteroatoms. The number of hydrogen-bond acceptors (Lipinski definition) is 4. The minimum absolute atomic E-state index is 0.0222. The van der Waals surface area contributed by atoms with E-state index < -0.39 is 17.7 Å². The highest BCUT2D eigenvalue weighted by Gasteiger charge is 2.19. The van der Waals surface area contributed by atoms with Gasteiger partial charge in [0.1, 0.15) is 11.6 Å². The Bertz CT molecular complexity index is 781. The average Bonchev–Trinajstić information content (AvgIpc) is 2.61. The van der Waals surface area contributed by atoms with Gasteiger partial charge in [-0.2, -0.15) is 0 Å². The highest BCUT2D eigenvalue weighted by Crippen LogP contribution is 2.37. The quantitative estimate of drug-likeness (QED) is 0.337. The molecule has 0 spiro atoms. The van der Waals surface area contributed by atoms with Crippen LogP contribution >= 0.6 is 0 Å². The molecule has 0 aliphatic rings. The first-order valence-electron chi connectivity index (χ1n) is 8.28. The second-order valence-corrected chi connectivity index (χ2v) is 5.66. The first-order valence-corrected chi connectivity index (χ1v) is 8.28. The zero-order valence-corrected chi connectivity index (χ0v) is 15.3. The Labute approximate surface area is 153 Å². The molecule has 2 aromatic carbocycles. The standard InChI is InChI=1S/C16H13F2NO.C4H12N2/c1-3-12-14(18)8-13(9(2)20)15(16(12)19)10-5-4-6-11(17)7-10;1-3-6(5)4-2/h1,4-9,20H,19H2,2H3;3-5H2,1-2H3. The summed E-state index contributed by atoms with van der Waals surface area (Å²) in [6.45, 7) is 7.42. The van der Waals surface area contributed by atoms with Crippen molar-refractivity contribution in [1.82, 2.24) is 5.01 Å². The van der Waals surface area contributed by atoms with Gasteiger partial charge in [0.2, 0.25) is 0 Å². The van der Waals surface area contributed by atoms with E-state index in [1.165, 1.54) is 25.1 Å². The molecule has 1 atom stereocenters. The lowest BCUT2D eigenvalue weighted by molar-refractivity contribution is 0.199. The fourth-order valence-corrected chi connectivity index (χ4v) is 2.36. The zero-order chi connectivity index (χ0) is 19.9. The van der Waals surface area contributed by atoms with Crippen LogP contribution in [0.4, 0.5) is 14.5 Å². The van der Waals surface area contributed by atoms with Gasteiger partial charge in [-0.05, 0) is 36.2 Å². The molecule has 0 radical (unpaired) electrons. The van der Waals surface area contributed by atoms with Crippen LogP contribution in [0.25, 0.3) is 11.1 Å². The summed E-state index contributed by atoms with van der Waals surface area (Å²) in [4.78, 5) is 0. The second kappa shape index (κ2) is 9.88. The van der Waals surface area contributed by atoms with Crippen molar-refractivity contribution in [2.45, 2.75) is 26.9 Å². The van der Waals surface area contributed by atoms with Gasteiger partial charge in [-0.25, -0.2) is 13.8 Å². The maximum absolute atomic E-state index is 13.8. The van der Waals surface area contributed by atoms with Crippen LogP contribution in [-0.2, 0) is 0 Å². The molecule has 5 N–H and O–H groups in total. The van der Waals surface area contributed by atoms with Crippen molar-refractivity contribution in [2.24, 2.45) is 5.84 Å². The summed E-state index contributed by atoms with van der Waals surface area (Å²) < 4.78 is 27.2. The first-order chi connectivity index (χ1) is 12.3. The molecular weight excluding hydrogens is 336 g/mol. The Balaban J connectivity index is 0.000000487. The number of aliphatic hydroxyl groups excluding tert-OH is 1. The molecule has 0 aliphatic carbocycles. The van der Waals surface area contributed by atoms with Gasteiger partial charge in [0.05, 0.1) is 17.4 Å². The van der Waals surface area contributed by atoms with Crippen molar-refractivity contribution in [2.75, 3.05) is 18.8 Å². The van der Waals surface area contributed by atoms with E-state index in [0.29, 0.717) is 11.1 Å². The summed E-state index contributed by atoms with van der Waals surface area (Å²) >= 11 is 0. The minimum Gasteiger partial charge on any atom is -0.397 e. The number of rotatable bonds is 4. The molecule has 0 aromatic heterocycles. The molecule has 26 heavy (non-hydrogen) atoms. The first kappa shape index (κ1) is 21.6.